The molecule has 0 aliphatic rings. The van der Waals surface area contributed by atoms with Gasteiger partial charge in [-0.25, -0.2) is 10.5 Å². The Bertz CT molecular complexity index is 1400. The Labute approximate surface area is 206 Å². The van der Waals surface area contributed by atoms with E-state index in [0.29, 0.717) is 38.8 Å². The Kier molecular flexibility index (Phi) is 6.72. The van der Waals surface area contributed by atoms with Gasteiger partial charge in [0.2, 0.25) is 5.91 Å². The molecule has 0 atom stereocenters. The van der Waals surface area contributed by atoms with Crippen LogP contribution in [-0.4, -0.2) is 33.9 Å². The van der Waals surface area contributed by atoms with Crippen LogP contribution in [0.1, 0.15) is 36.7 Å². The third-order valence-corrected chi connectivity index (χ3v) is 5.57. The second-order valence-electron chi connectivity index (χ2n) is 8.38. The molecule has 0 aliphatic carbocycles. The number of rotatable bonds is 7. The maximum atomic E-state index is 12.1. The summed E-state index contributed by atoms with van der Waals surface area (Å²) >= 11 is 6.49. The highest BCUT2D eigenvalue weighted by molar-refractivity contribution is 6.33. The van der Waals surface area contributed by atoms with E-state index in [1.807, 2.05) is 26.0 Å². The predicted molar refractivity (Wildman–Crippen MR) is 132 cm³/mol. The van der Waals surface area contributed by atoms with Crippen LogP contribution in [0.5, 0.6) is 11.8 Å². The quantitative estimate of drug-likeness (QED) is 0.320. The molecule has 0 radical (unpaired) electrons. The standard InChI is InChI=1S/C25H24ClN5O4/c1-14(32)30-25(2,3)17-8-10-18(11-9-17)35-24-27-20-13-19(26)21(28-22(20)29-24)15-6-5-7-16(12-15)23(33)31-34-4/h5-13H,1-4H3,(H,30,32)(H,31,33)(H,27,28,29). The highest BCUT2D eigenvalue weighted by atomic mass is 35.5. The van der Waals surface area contributed by atoms with E-state index in [1.165, 1.54) is 14.0 Å². The van der Waals surface area contributed by atoms with Crippen molar-refractivity contribution in [2.24, 2.45) is 0 Å². The summed E-state index contributed by atoms with van der Waals surface area (Å²) in [7, 11) is 1.37. The van der Waals surface area contributed by atoms with Crippen molar-refractivity contribution < 1.29 is 19.2 Å². The molecule has 2 aromatic carbocycles. The second kappa shape index (κ2) is 9.73. The monoisotopic (exact) mass is 493 g/mol. The number of benzene rings is 2. The number of halogens is 1. The average Bonchev–Trinajstić information content (AvgIpc) is 3.19. The van der Waals surface area contributed by atoms with E-state index in [-0.39, 0.29) is 17.8 Å². The van der Waals surface area contributed by atoms with E-state index in [1.54, 1.807) is 42.5 Å². The van der Waals surface area contributed by atoms with Crippen molar-refractivity contribution >= 4 is 34.6 Å². The summed E-state index contributed by atoms with van der Waals surface area (Å²) in [5.41, 5.74) is 5.26. The first-order chi connectivity index (χ1) is 16.7. The van der Waals surface area contributed by atoms with Crippen LogP contribution in [0.2, 0.25) is 5.02 Å². The zero-order chi connectivity index (χ0) is 25.2. The van der Waals surface area contributed by atoms with Gasteiger partial charge >= 0.3 is 6.01 Å². The maximum Gasteiger partial charge on any atom is 0.301 e. The number of imidazole rings is 1. The Morgan fingerprint density at radius 3 is 2.49 bits per heavy atom. The zero-order valence-corrected chi connectivity index (χ0v) is 20.4. The average molecular weight is 494 g/mol. The number of amides is 2. The number of nitrogens with zero attached hydrogens (tertiary/aromatic N) is 2. The minimum absolute atomic E-state index is 0.104. The molecule has 4 rings (SSSR count). The van der Waals surface area contributed by atoms with Gasteiger partial charge in [-0.15, -0.1) is 0 Å². The Hall–Kier alpha value is -3.95. The number of hydroxylamine groups is 1. The number of hydrogen-bond acceptors (Lipinski definition) is 6. The summed E-state index contributed by atoms with van der Waals surface area (Å²) in [6.45, 7) is 5.34. The van der Waals surface area contributed by atoms with Crippen LogP contribution < -0.4 is 15.5 Å². The van der Waals surface area contributed by atoms with E-state index < -0.39 is 5.54 Å². The van der Waals surface area contributed by atoms with Crippen LogP contribution in [-0.2, 0) is 15.2 Å². The summed E-state index contributed by atoms with van der Waals surface area (Å²) < 4.78 is 5.87. The SMILES string of the molecule is CONC(=O)c1cccc(-c2nc3nc(Oc4ccc(C(C)(C)NC(C)=O)cc4)[nH]c3cc2Cl)c1. The number of H-pyrrole nitrogens is 1. The lowest BCUT2D eigenvalue weighted by Gasteiger charge is -2.26. The Morgan fingerprint density at radius 2 is 1.80 bits per heavy atom. The van der Waals surface area contributed by atoms with Crippen LogP contribution in [0, 0.1) is 0 Å². The Morgan fingerprint density at radius 1 is 1.06 bits per heavy atom. The van der Waals surface area contributed by atoms with E-state index in [4.69, 9.17) is 16.3 Å². The fraction of sp³-hybridized carbons (Fsp3) is 0.200. The molecular formula is C25H24ClN5O4. The van der Waals surface area contributed by atoms with Gasteiger partial charge in [-0.05, 0) is 49.7 Å². The van der Waals surface area contributed by atoms with E-state index in [9.17, 15) is 9.59 Å². The van der Waals surface area contributed by atoms with Crippen LogP contribution in [0.25, 0.3) is 22.4 Å². The van der Waals surface area contributed by atoms with Crippen molar-refractivity contribution in [2.45, 2.75) is 26.3 Å². The van der Waals surface area contributed by atoms with Gasteiger partial charge in [0.25, 0.3) is 5.91 Å². The third kappa shape index (κ3) is 5.42. The largest absolute Gasteiger partial charge is 0.426 e. The zero-order valence-electron chi connectivity index (χ0n) is 19.6. The van der Waals surface area contributed by atoms with Crippen molar-refractivity contribution in [1.29, 1.82) is 0 Å². The normalized spacial score (nSPS) is 11.3. The molecule has 0 spiro atoms. The highest BCUT2D eigenvalue weighted by Gasteiger charge is 2.21. The van der Waals surface area contributed by atoms with Crippen molar-refractivity contribution in [2.75, 3.05) is 7.11 Å². The minimum atomic E-state index is -0.512. The topological polar surface area (TPSA) is 118 Å². The van der Waals surface area contributed by atoms with Gasteiger partial charge in [0.1, 0.15) is 5.75 Å². The Balaban J connectivity index is 1.58. The molecular weight excluding hydrogens is 470 g/mol. The second-order valence-corrected chi connectivity index (χ2v) is 8.79. The summed E-state index contributed by atoms with van der Waals surface area (Å²) in [6, 6.07) is 16.2. The van der Waals surface area contributed by atoms with Crippen LogP contribution in [0.3, 0.4) is 0 Å². The molecule has 9 nitrogen and oxygen atoms in total. The first kappa shape index (κ1) is 24.2. The van der Waals surface area contributed by atoms with Gasteiger partial charge in [0.05, 0.1) is 28.9 Å². The molecule has 0 aliphatic heterocycles. The molecule has 0 unspecified atom stereocenters. The van der Waals surface area contributed by atoms with Gasteiger partial charge in [0.15, 0.2) is 5.65 Å². The number of carbonyl (C=O) groups is 2. The van der Waals surface area contributed by atoms with Crippen LogP contribution in [0.15, 0.2) is 54.6 Å². The number of fused-ring (bicyclic) bond motifs is 1. The third-order valence-electron chi connectivity index (χ3n) is 5.28. The molecule has 2 amide bonds. The molecule has 2 aromatic heterocycles. The number of nitrogens with one attached hydrogen (secondary N) is 3. The molecule has 0 bridgehead atoms. The molecule has 0 fully saturated rings. The fourth-order valence-corrected chi connectivity index (χ4v) is 3.93. The van der Waals surface area contributed by atoms with Crippen molar-refractivity contribution in [3.63, 3.8) is 0 Å². The molecule has 35 heavy (non-hydrogen) atoms. The summed E-state index contributed by atoms with van der Waals surface area (Å²) in [6.07, 6.45) is 0. The number of aromatic amines is 1. The number of hydrogen-bond donors (Lipinski definition) is 3. The minimum Gasteiger partial charge on any atom is -0.426 e. The molecule has 180 valence electrons. The lowest BCUT2D eigenvalue weighted by atomic mass is 9.94. The van der Waals surface area contributed by atoms with Crippen LogP contribution in [0.4, 0.5) is 0 Å². The summed E-state index contributed by atoms with van der Waals surface area (Å²) in [5, 5.41) is 3.31. The van der Waals surface area contributed by atoms with Crippen LogP contribution >= 0.6 is 11.6 Å². The van der Waals surface area contributed by atoms with Gasteiger partial charge in [0, 0.05) is 18.1 Å². The van der Waals surface area contributed by atoms with Crippen molar-refractivity contribution in [3.8, 4) is 23.0 Å². The lowest BCUT2D eigenvalue weighted by Crippen LogP contribution is -2.39. The van der Waals surface area contributed by atoms with Gasteiger partial charge in [-0.1, -0.05) is 35.9 Å². The van der Waals surface area contributed by atoms with Gasteiger partial charge < -0.3 is 15.0 Å². The molecule has 10 heteroatoms. The van der Waals surface area contributed by atoms with E-state index in [0.717, 1.165) is 5.56 Å². The number of pyridine rings is 1. The first-order valence-electron chi connectivity index (χ1n) is 10.7. The summed E-state index contributed by atoms with van der Waals surface area (Å²) in [4.78, 5) is 40.3. The number of ether oxygens (including phenoxy) is 1. The number of carbonyl (C=O) groups excluding carboxylic acids is 2. The van der Waals surface area contributed by atoms with Gasteiger partial charge in [-0.2, -0.15) is 4.98 Å². The van der Waals surface area contributed by atoms with E-state index >= 15 is 0 Å². The molecule has 0 saturated carbocycles. The molecule has 4 aromatic rings. The molecule has 0 saturated heterocycles. The fourth-order valence-electron chi connectivity index (χ4n) is 3.67. The maximum absolute atomic E-state index is 12.1. The van der Waals surface area contributed by atoms with E-state index in [2.05, 4.69) is 30.6 Å². The number of aromatic nitrogens is 3. The smallest absolute Gasteiger partial charge is 0.301 e. The predicted octanol–water partition coefficient (Wildman–Crippen LogP) is 4.73. The summed E-state index contributed by atoms with van der Waals surface area (Å²) in [5.74, 6) is 0.0798. The van der Waals surface area contributed by atoms with Crippen molar-refractivity contribution in [1.82, 2.24) is 25.7 Å². The molecule has 3 N–H and O–H groups in total. The lowest BCUT2D eigenvalue weighted by molar-refractivity contribution is -0.120. The highest BCUT2D eigenvalue weighted by Crippen LogP contribution is 2.31. The molecule has 2 heterocycles. The van der Waals surface area contributed by atoms with Gasteiger partial charge in [-0.3, -0.25) is 14.4 Å². The first-order valence-corrected chi connectivity index (χ1v) is 11.1. The van der Waals surface area contributed by atoms with Crippen molar-refractivity contribution in [3.05, 3.63) is 70.7 Å².